The molecule has 1 saturated carbocycles. The first-order valence-corrected chi connectivity index (χ1v) is 40.9. The predicted octanol–water partition coefficient (Wildman–Crippen LogP) is 5.93. The number of allylic oxidation sites excluding steroid dienone is 1. The summed E-state index contributed by atoms with van der Waals surface area (Å²) in [6.45, 7) is 46.5. The van der Waals surface area contributed by atoms with Crippen LogP contribution in [0.5, 0.6) is 0 Å². The minimum Gasteiger partial charge on any atom is -0.460 e. The average molecular weight is 1630 g/mol. The van der Waals surface area contributed by atoms with E-state index >= 15 is 0 Å². The second-order valence-electron chi connectivity index (χ2n) is 27.0. The van der Waals surface area contributed by atoms with Crippen molar-refractivity contribution in [3.8, 4) is 0 Å². The van der Waals surface area contributed by atoms with E-state index < -0.39 is 5.97 Å². The molecule has 7 unspecified atom stereocenters. The van der Waals surface area contributed by atoms with Crippen LogP contribution in [0.4, 0.5) is 0 Å². The van der Waals surface area contributed by atoms with Gasteiger partial charge in [0, 0.05) is 5.57 Å². The smallest absolute Gasteiger partial charge is 0.333 e. The number of hydrogen-bond acceptors (Lipinski definition) is 32. The molecule has 664 valence electrons. The lowest BCUT2D eigenvalue weighted by atomic mass is 9.48. The Bertz CT molecular complexity index is 2020. The molecule has 112 heavy (non-hydrogen) atoms. The predicted molar refractivity (Wildman–Crippen MR) is 416 cm³/mol. The van der Waals surface area contributed by atoms with Crippen molar-refractivity contribution in [2.24, 2.45) is 17.3 Å². The van der Waals surface area contributed by atoms with Crippen molar-refractivity contribution in [2.45, 2.75) is 105 Å². The van der Waals surface area contributed by atoms with Gasteiger partial charge in [0.15, 0.2) is 0 Å². The molecule has 0 N–H and O–H groups in total. The maximum Gasteiger partial charge on any atom is 0.333 e. The zero-order chi connectivity index (χ0) is 80.6. The maximum atomic E-state index is 11.3. The van der Waals surface area contributed by atoms with Gasteiger partial charge in [-0.2, -0.15) is 0 Å². The molecule has 0 aliphatic heterocycles. The van der Waals surface area contributed by atoms with Crippen molar-refractivity contribution >= 4 is 5.97 Å². The van der Waals surface area contributed by atoms with Gasteiger partial charge in [0.05, 0.1) is 394 Å². The van der Waals surface area contributed by atoms with Crippen molar-refractivity contribution in [1.29, 1.82) is 0 Å². The molecule has 3 rings (SSSR count). The van der Waals surface area contributed by atoms with Gasteiger partial charge in [-0.25, -0.2) is 4.79 Å². The van der Waals surface area contributed by atoms with Crippen LogP contribution < -0.4 is 0 Å². The van der Waals surface area contributed by atoms with E-state index in [0.717, 1.165) is 24.9 Å². The van der Waals surface area contributed by atoms with Crippen molar-refractivity contribution < 1.29 is 152 Å². The zero-order valence-corrected chi connectivity index (χ0v) is 70.1. The first kappa shape index (κ1) is 106. The lowest BCUT2D eigenvalue weighted by molar-refractivity contribution is -0.140. The van der Waals surface area contributed by atoms with E-state index in [9.17, 15) is 4.79 Å². The molecule has 0 spiro atoms. The van der Waals surface area contributed by atoms with Crippen molar-refractivity contribution in [2.75, 3.05) is 370 Å². The van der Waals surface area contributed by atoms with Gasteiger partial charge in [0.1, 0.15) is 6.61 Å². The van der Waals surface area contributed by atoms with Crippen LogP contribution in [0.15, 0.2) is 23.8 Å². The molecule has 3 aliphatic rings. The first-order valence-electron chi connectivity index (χ1n) is 40.9. The number of hydrogen-bond donors (Lipinski definition) is 0. The SMILES string of the molecule is C=C(C)C(=O)OCCOCCOCCOCCOCCOCCOCCOCCOCCOCCOCCOCCOCCOCCOCCOCCOCCOCCOCCOCCOCCOCCOCCOCCOCCOC(C)COC(C)COC(C)COC(C)COC(C)COCCC1=CCC2CC1C2(C)C. The third-order valence-corrected chi connectivity index (χ3v) is 16.9. The van der Waals surface area contributed by atoms with Crippen LogP contribution in [-0.4, -0.2) is 406 Å². The molecule has 3 aliphatic carbocycles. The fourth-order valence-electron chi connectivity index (χ4n) is 10.4. The Morgan fingerprint density at radius 3 is 0.696 bits per heavy atom. The van der Waals surface area contributed by atoms with Gasteiger partial charge in [-0.1, -0.05) is 32.1 Å². The quantitative estimate of drug-likeness (QED) is 0.0295. The van der Waals surface area contributed by atoms with Crippen LogP contribution in [0.1, 0.15) is 74.7 Å². The average Bonchev–Trinajstić information content (AvgIpc) is 0.739. The van der Waals surface area contributed by atoms with Crippen molar-refractivity contribution in [1.82, 2.24) is 0 Å². The molecular formula is C80H152O32. The van der Waals surface area contributed by atoms with E-state index in [1.807, 2.05) is 27.7 Å². The van der Waals surface area contributed by atoms with Gasteiger partial charge in [0.2, 0.25) is 0 Å². The molecule has 0 aromatic heterocycles. The number of carbonyl (C=O) groups is 1. The molecule has 32 nitrogen and oxygen atoms in total. The summed E-state index contributed by atoms with van der Waals surface area (Å²) in [5.41, 5.74) is 2.42. The normalized spacial score (nSPS) is 16.1. The molecule has 0 radical (unpaired) electrons. The van der Waals surface area contributed by atoms with Crippen LogP contribution in [0, 0.1) is 17.3 Å². The number of esters is 1. The molecular weight excluding hydrogens is 1470 g/mol. The molecule has 2 bridgehead atoms. The number of fused-ring (bicyclic) bond motifs is 1. The van der Waals surface area contributed by atoms with Crippen LogP contribution in [0.25, 0.3) is 0 Å². The van der Waals surface area contributed by atoms with Crippen LogP contribution >= 0.6 is 0 Å². The lowest BCUT2D eigenvalue weighted by Gasteiger charge is -2.56. The summed E-state index contributed by atoms with van der Waals surface area (Å²) < 4.78 is 173. The highest BCUT2D eigenvalue weighted by Gasteiger charge is 2.50. The number of rotatable bonds is 94. The van der Waals surface area contributed by atoms with Gasteiger partial charge in [-0.15, -0.1) is 0 Å². The number of ether oxygens (including phenoxy) is 31. The van der Waals surface area contributed by atoms with E-state index in [-0.39, 0.29) is 37.1 Å². The zero-order valence-electron chi connectivity index (χ0n) is 70.1. The van der Waals surface area contributed by atoms with Gasteiger partial charge >= 0.3 is 5.97 Å². The topological polar surface area (TPSA) is 303 Å². The monoisotopic (exact) mass is 1630 g/mol. The third-order valence-electron chi connectivity index (χ3n) is 16.9. The molecule has 1 fully saturated rings. The van der Waals surface area contributed by atoms with E-state index in [1.54, 1.807) is 12.5 Å². The summed E-state index contributed by atoms with van der Waals surface area (Å²) in [7, 11) is 0. The van der Waals surface area contributed by atoms with Crippen LogP contribution in [-0.2, 0) is 152 Å². The molecule has 7 atom stereocenters. The first-order chi connectivity index (χ1) is 54.9. The summed E-state index contributed by atoms with van der Waals surface area (Å²) in [4.78, 5) is 11.3. The maximum absolute atomic E-state index is 11.3. The Balaban J connectivity index is 1.12. The Kier molecular flexibility index (Phi) is 76.7. The van der Waals surface area contributed by atoms with Gasteiger partial charge in [0.25, 0.3) is 0 Å². The number of carbonyl (C=O) groups excluding carboxylic acids is 1. The second-order valence-corrected chi connectivity index (χ2v) is 27.0. The van der Waals surface area contributed by atoms with E-state index in [4.69, 9.17) is 147 Å². The summed E-state index contributed by atoms with van der Waals surface area (Å²) >= 11 is 0. The summed E-state index contributed by atoms with van der Waals surface area (Å²) in [5, 5.41) is 0. The Morgan fingerprint density at radius 1 is 0.295 bits per heavy atom. The molecule has 0 aromatic rings. The van der Waals surface area contributed by atoms with Gasteiger partial charge in [-0.3, -0.25) is 0 Å². The second kappa shape index (κ2) is 81.1. The third kappa shape index (κ3) is 69.7. The fourth-order valence-corrected chi connectivity index (χ4v) is 10.4. The summed E-state index contributed by atoms with van der Waals surface area (Å²) in [6.07, 6.45) is 5.82. The van der Waals surface area contributed by atoms with Gasteiger partial charge in [-0.05, 0) is 78.1 Å². The standard InChI is InChI=1S/C80H152O32/c1-70(2)79(81)108-63-61-105-59-57-103-55-53-101-51-49-99-47-45-97-43-41-95-39-37-93-35-33-91-31-29-89-27-25-87-23-21-85-19-17-83-15-14-82-16-18-84-20-22-86-24-26-88-28-30-90-32-34-92-36-38-94-40-42-96-44-46-98-48-50-100-52-54-102-56-58-104-60-62-107-72(4)66-110-74(6)68-112-75(7)69-111-73(5)67-109-71(3)65-106-13-12-76-10-11-77-64-78(76)80(77,8)9/h10,71-75,77-78H,1,11-69H2,2-9H3. The van der Waals surface area contributed by atoms with E-state index in [0.29, 0.717) is 368 Å². The lowest BCUT2D eigenvalue weighted by Crippen LogP contribution is -2.48. The van der Waals surface area contributed by atoms with Crippen molar-refractivity contribution in [3.63, 3.8) is 0 Å². The Labute approximate surface area is 671 Å². The highest BCUT2D eigenvalue weighted by Crippen LogP contribution is 2.59. The summed E-state index contributed by atoms with van der Waals surface area (Å²) in [6, 6.07) is 0. The molecule has 0 aromatic carbocycles. The largest absolute Gasteiger partial charge is 0.460 e. The van der Waals surface area contributed by atoms with E-state index in [1.165, 1.54) is 12.8 Å². The molecule has 0 saturated heterocycles. The van der Waals surface area contributed by atoms with Crippen LogP contribution in [0.2, 0.25) is 0 Å². The van der Waals surface area contributed by atoms with Crippen LogP contribution in [0.3, 0.4) is 0 Å². The minimum absolute atomic E-state index is 0.0143. The highest BCUT2D eigenvalue weighted by molar-refractivity contribution is 5.86. The Hall–Kier alpha value is -2.25. The highest BCUT2D eigenvalue weighted by atomic mass is 16.6. The van der Waals surface area contributed by atoms with Crippen molar-refractivity contribution in [3.05, 3.63) is 23.8 Å². The molecule has 32 heteroatoms. The molecule has 0 heterocycles. The summed E-state index contributed by atoms with van der Waals surface area (Å²) in [5.74, 6) is 1.19. The van der Waals surface area contributed by atoms with Gasteiger partial charge < -0.3 is 147 Å². The minimum atomic E-state index is -0.420. The Morgan fingerprint density at radius 2 is 0.491 bits per heavy atom. The fraction of sp³-hybridized carbons (Fsp3) is 0.938. The van der Waals surface area contributed by atoms with E-state index in [2.05, 4.69) is 33.4 Å². The molecule has 0 amide bonds.